The standard InChI is InChI=1S/C13H18BrN5/c1-10(18-6-2-3-7-18)9-15-13-16-12-11(14)5-4-8-19(12)17-13/h4-5,8,10H,2-3,6-7,9H2,1H3,(H,15,17). The molecule has 0 saturated carbocycles. The van der Waals surface area contributed by atoms with Crippen molar-refractivity contribution < 1.29 is 0 Å². The SMILES string of the molecule is CC(CNc1nc2c(Br)cccn2n1)N1CCCC1. The first-order chi connectivity index (χ1) is 9.24. The van der Waals surface area contributed by atoms with E-state index in [0.717, 1.165) is 16.7 Å². The molecule has 0 radical (unpaired) electrons. The molecule has 1 aliphatic heterocycles. The normalized spacial score (nSPS) is 18.0. The van der Waals surface area contributed by atoms with Gasteiger partial charge in [0, 0.05) is 18.8 Å². The van der Waals surface area contributed by atoms with E-state index in [1.807, 2.05) is 18.3 Å². The minimum absolute atomic E-state index is 0.526. The first-order valence-electron chi connectivity index (χ1n) is 6.73. The van der Waals surface area contributed by atoms with Gasteiger partial charge in [0.2, 0.25) is 5.95 Å². The molecule has 0 aliphatic carbocycles. The lowest BCUT2D eigenvalue weighted by Crippen LogP contribution is -2.35. The maximum Gasteiger partial charge on any atom is 0.243 e. The van der Waals surface area contributed by atoms with Crippen LogP contribution in [0.15, 0.2) is 22.8 Å². The number of nitrogens with one attached hydrogen (secondary N) is 1. The largest absolute Gasteiger partial charge is 0.351 e. The monoisotopic (exact) mass is 323 g/mol. The molecule has 1 unspecified atom stereocenters. The highest BCUT2D eigenvalue weighted by molar-refractivity contribution is 9.10. The Hall–Kier alpha value is -1.14. The molecule has 1 N–H and O–H groups in total. The molecule has 3 rings (SSSR count). The number of hydrogen-bond acceptors (Lipinski definition) is 4. The van der Waals surface area contributed by atoms with E-state index < -0.39 is 0 Å². The lowest BCUT2D eigenvalue weighted by atomic mass is 10.3. The van der Waals surface area contributed by atoms with E-state index in [0.29, 0.717) is 12.0 Å². The molecule has 1 fully saturated rings. The van der Waals surface area contributed by atoms with Gasteiger partial charge in [-0.15, -0.1) is 5.10 Å². The van der Waals surface area contributed by atoms with Crippen LogP contribution in [0.1, 0.15) is 19.8 Å². The zero-order chi connectivity index (χ0) is 13.2. The van der Waals surface area contributed by atoms with Gasteiger partial charge >= 0.3 is 0 Å². The predicted molar refractivity (Wildman–Crippen MR) is 79.4 cm³/mol. The molecule has 2 aromatic rings. The topological polar surface area (TPSA) is 45.5 Å². The molecule has 0 amide bonds. The second-order valence-electron chi connectivity index (χ2n) is 5.03. The van der Waals surface area contributed by atoms with Crippen LogP contribution in [0, 0.1) is 0 Å². The van der Waals surface area contributed by atoms with Crippen molar-refractivity contribution in [2.24, 2.45) is 0 Å². The summed E-state index contributed by atoms with van der Waals surface area (Å²) in [7, 11) is 0. The van der Waals surface area contributed by atoms with Crippen molar-refractivity contribution in [2.45, 2.75) is 25.8 Å². The fraction of sp³-hybridized carbons (Fsp3) is 0.538. The first kappa shape index (κ1) is 12.9. The molecule has 1 atom stereocenters. The van der Waals surface area contributed by atoms with E-state index in [4.69, 9.17) is 0 Å². The molecule has 102 valence electrons. The van der Waals surface area contributed by atoms with Crippen molar-refractivity contribution in [3.63, 3.8) is 0 Å². The number of nitrogens with zero attached hydrogens (tertiary/aromatic N) is 4. The lowest BCUT2D eigenvalue weighted by molar-refractivity contribution is 0.269. The molecule has 0 bridgehead atoms. The van der Waals surface area contributed by atoms with Crippen LogP contribution >= 0.6 is 15.9 Å². The number of halogens is 1. The summed E-state index contributed by atoms with van der Waals surface area (Å²) >= 11 is 3.48. The third-order valence-corrected chi connectivity index (χ3v) is 4.25. The highest BCUT2D eigenvalue weighted by Gasteiger charge is 2.18. The summed E-state index contributed by atoms with van der Waals surface area (Å²) in [5.41, 5.74) is 0.846. The molecule has 6 heteroatoms. The Morgan fingerprint density at radius 3 is 2.95 bits per heavy atom. The number of likely N-dealkylation sites (tertiary alicyclic amines) is 1. The van der Waals surface area contributed by atoms with Crippen molar-refractivity contribution in [3.8, 4) is 0 Å². The highest BCUT2D eigenvalue weighted by Crippen LogP contribution is 2.17. The van der Waals surface area contributed by atoms with Crippen molar-refractivity contribution in [1.82, 2.24) is 19.5 Å². The van der Waals surface area contributed by atoms with Crippen LogP contribution in [0.4, 0.5) is 5.95 Å². The fourth-order valence-electron chi connectivity index (χ4n) is 2.50. The van der Waals surface area contributed by atoms with Crippen molar-refractivity contribution >= 4 is 27.5 Å². The number of rotatable bonds is 4. The highest BCUT2D eigenvalue weighted by atomic mass is 79.9. The van der Waals surface area contributed by atoms with Gasteiger partial charge in [0.25, 0.3) is 0 Å². The third-order valence-electron chi connectivity index (χ3n) is 3.63. The Bertz CT molecular complexity index is 561. The molecule has 19 heavy (non-hydrogen) atoms. The molecule has 0 aromatic carbocycles. The van der Waals surface area contributed by atoms with E-state index in [9.17, 15) is 0 Å². The summed E-state index contributed by atoms with van der Waals surface area (Å²) in [4.78, 5) is 7.00. The average Bonchev–Trinajstić information content (AvgIpc) is 3.05. The molecule has 1 saturated heterocycles. The van der Waals surface area contributed by atoms with Crippen molar-refractivity contribution in [1.29, 1.82) is 0 Å². The fourth-order valence-corrected chi connectivity index (χ4v) is 2.92. The molecule has 0 spiro atoms. The maximum atomic E-state index is 4.49. The third kappa shape index (κ3) is 2.74. The van der Waals surface area contributed by atoms with Crippen LogP contribution in [0.2, 0.25) is 0 Å². The minimum atomic E-state index is 0.526. The smallest absolute Gasteiger partial charge is 0.243 e. The van der Waals surface area contributed by atoms with Crippen LogP contribution in [0.25, 0.3) is 5.65 Å². The number of pyridine rings is 1. The van der Waals surface area contributed by atoms with Gasteiger partial charge in [-0.3, -0.25) is 4.90 Å². The summed E-state index contributed by atoms with van der Waals surface area (Å²) in [5.74, 6) is 0.693. The van der Waals surface area contributed by atoms with Crippen molar-refractivity contribution in [2.75, 3.05) is 25.0 Å². The summed E-state index contributed by atoms with van der Waals surface area (Å²) in [6, 6.07) is 4.45. The summed E-state index contributed by atoms with van der Waals surface area (Å²) in [6.07, 6.45) is 4.55. The van der Waals surface area contributed by atoms with Crippen LogP contribution in [-0.4, -0.2) is 45.2 Å². The molecular weight excluding hydrogens is 306 g/mol. The van der Waals surface area contributed by atoms with E-state index in [2.05, 4.69) is 43.2 Å². The number of fused-ring (bicyclic) bond motifs is 1. The van der Waals surface area contributed by atoms with Gasteiger partial charge < -0.3 is 5.32 Å². The Morgan fingerprint density at radius 2 is 2.21 bits per heavy atom. The predicted octanol–water partition coefficient (Wildman–Crippen LogP) is 2.39. The molecule has 1 aliphatic rings. The van der Waals surface area contributed by atoms with E-state index in [-0.39, 0.29) is 0 Å². The van der Waals surface area contributed by atoms with Gasteiger partial charge in [-0.1, -0.05) is 0 Å². The Morgan fingerprint density at radius 1 is 1.42 bits per heavy atom. The maximum absolute atomic E-state index is 4.49. The first-order valence-corrected chi connectivity index (χ1v) is 7.52. The zero-order valence-electron chi connectivity index (χ0n) is 11.0. The summed E-state index contributed by atoms with van der Waals surface area (Å²) in [5, 5.41) is 7.75. The summed E-state index contributed by atoms with van der Waals surface area (Å²) in [6.45, 7) is 5.57. The van der Waals surface area contributed by atoms with Crippen LogP contribution in [-0.2, 0) is 0 Å². The van der Waals surface area contributed by atoms with Crippen LogP contribution in [0.5, 0.6) is 0 Å². The Labute approximate surface area is 121 Å². The second-order valence-corrected chi connectivity index (χ2v) is 5.89. The van der Waals surface area contributed by atoms with E-state index >= 15 is 0 Å². The van der Waals surface area contributed by atoms with Gasteiger partial charge in [-0.2, -0.15) is 4.98 Å². The second kappa shape index (κ2) is 5.46. The summed E-state index contributed by atoms with van der Waals surface area (Å²) < 4.78 is 2.75. The van der Waals surface area contributed by atoms with Gasteiger partial charge in [0.15, 0.2) is 5.65 Å². The van der Waals surface area contributed by atoms with Gasteiger partial charge in [0.1, 0.15) is 0 Å². The molecular formula is C13H18BrN5. The molecule has 3 heterocycles. The number of aromatic nitrogens is 3. The molecule has 2 aromatic heterocycles. The van der Waals surface area contributed by atoms with E-state index in [1.165, 1.54) is 25.9 Å². The van der Waals surface area contributed by atoms with Gasteiger partial charge in [-0.25, -0.2) is 4.52 Å². The number of hydrogen-bond donors (Lipinski definition) is 1. The van der Waals surface area contributed by atoms with Gasteiger partial charge in [-0.05, 0) is 60.9 Å². The van der Waals surface area contributed by atoms with E-state index in [1.54, 1.807) is 4.52 Å². The average molecular weight is 324 g/mol. The minimum Gasteiger partial charge on any atom is -0.351 e. The van der Waals surface area contributed by atoms with Gasteiger partial charge in [0.05, 0.1) is 4.47 Å². The Kier molecular flexibility index (Phi) is 3.70. The Balaban J connectivity index is 1.66. The number of anilines is 1. The zero-order valence-corrected chi connectivity index (χ0v) is 12.6. The van der Waals surface area contributed by atoms with Crippen LogP contribution in [0.3, 0.4) is 0 Å². The lowest BCUT2D eigenvalue weighted by Gasteiger charge is -2.23. The molecule has 5 nitrogen and oxygen atoms in total. The quantitative estimate of drug-likeness (QED) is 0.938. The van der Waals surface area contributed by atoms with Crippen LogP contribution < -0.4 is 5.32 Å². The van der Waals surface area contributed by atoms with Crippen molar-refractivity contribution in [3.05, 3.63) is 22.8 Å².